The van der Waals surface area contributed by atoms with Crippen molar-refractivity contribution in [3.63, 3.8) is 0 Å². The van der Waals surface area contributed by atoms with Crippen LogP contribution in [0.2, 0.25) is 0 Å². The lowest BCUT2D eigenvalue weighted by molar-refractivity contribution is -0.254. The third kappa shape index (κ3) is 4.56. The fourth-order valence-corrected chi connectivity index (χ4v) is 3.44. The minimum atomic E-state index is -0.941. The van der Waals surface area contributed by atoms with E-state index in [1.54, 1.807) is 30.5 Å². The van der Waals surface area contributed by atoms with Crippen LogP contribution in [0.25, 0.3) is 0 Å². The van der Waals surface area contributed by atoms with Gasteiger partial charge in [-0.1, -0.05) is 30.3 Å². The number of hydrogen-bond donors (Lipinski definition) is 1. The van der Waals surface area contributed by atoms with Gasteiger partial charge in [-0.15, -0.1) is 0 Å². The fourth-order valence-electron chi connectivity index (χ4n) is 3.44. The second-order valence-electron chi connectivity index (χ2n) is 6.96. The highest BCUT2D eigenvalue weighted by atomic mass is 17.2. The maximum absolute atomic E-state index is 13.3. The largest absolute Gasteiger partial charge is 0.386 e. The molecule has 1 unspecified atom stereocenters. The Morgan fingerprint density at radius 2 is 1.87 bits per heavy atom. The SMILES string of the molecule is CCN1C(=O)C(Nc2cnccc2C)=C(C(=O)OOC(C)=O)C(c2ccccc2)N1C. The van der Waals surface area contributed by atoms with Crippen molar-refractivity contribution < 1.29 is 24.2 Å². The van der Waals surface area contributed by atoms with Gasteiger partial charge in [0.05, 0.1) is 23.5 Å². The quantitative estimate of drug-likeness (QED) is 0.577. The normalized spacial score (nSPS) is 16.8. The Kier molecular flexibility index (Phi) is 6.66. The molecule has 0 fully saturated rings. The molecule has 1 N–H and O–H groups in total. The van der Waals surface area contributed by atoms with Crippen LogP contribution in [0.3, 0.4) is 0 Å². The van der Waals surface area contributed by atoms with Crippen LogP contribution in [0.5, 0.6) is 0 Å². The molecule has 9 nitrogen and oxygen atoms in total. The molecule has 1 aliphatic rings. The zero-order valence-corrected chi connectivity index (χ0v) is 17.8. The molecule has 1 aliphatic heterocycles. The molecule has 162 valence electrons. The Bertz CT molecular complexity index is 1020. The predicted molar refractivity (Wildman–Crippen MR) is 112 cm³/mol. The highest BCUT2D eigenvalue weighted by Gasteiger charge is 2.43. The molecule has 31 heavy (non-hydrogen) atoms. The first-order valence-corrected chi connectivity index (χ1v) is 9.75. The number of hydrazine groups is 1. The summed E-state index contributed by atoms with van der Waals surface area (Å²) in [6.45, 7) is 5.19. The van der Waals surface area contributed by atoms with E-state index < -0.39 is 23.9 Å². The maximum Gasteiger partial charge on any atom is 0.386 e. The van der Waals surface area contributed by atoms with Gasteiger partial charge in [0.15, 0.2) is 0 Å². The molecule has 1 atom stereocenters. The summed E-state index contributed by atoms with van der Waals surface area (Å²) in [5.41, 5.74) is 2.21. The maximum atomic E-state index is 13.3. The van der Waals surface area contributed by atoms with Crippen LogP contribution in [0, 0.1) is 6.92 Å². The molecule has 0 bridgehead atoms. The second-order valence-corrected chi connectivity index (χ2v) is 6.96. The number of amides is 1. The van der Waals surface area contributed by atoms with Crippen molar-refractivity contribution in [3.05, 3.63) is 71.2 Å². The first-order chi connectivity index (χ1) is 14.8. The van der Waals surface area contributed by atoms with E-state index in [-0.39, 0.29) is 11.3 Å². The third-order valence-electron chi connectivity index (χ3n) is 4.91. The van der Waals surface area contributed by atoms with E-state index in [1.807, 2.05) is 44.2 Å². The van der Waals surface area contributed by atoms with Gasteiger partial charge in [-0.25, -0.2) is 24.4 Å². The van der Waals surface area contributed by atoms with Gasteiger partial charge < -0.3 is 5.32 Å². The number of rotatable bonds is 5. The summed E-state index contributed by atoms with van der Waals surface area (Å²) in [7, 11) is 1.71. The monoisotopic (exact) mass is 424 g/mol. The molecule has 0 saturated carbocycles. The van der Waals surface area contributed by atoms with Crippen LogP contribution in [-0.2, 0) is 24.2 Å². The highest BCUT2D eigenvalue weighted by molar-refractivity contribution is 6.06. The molecule has 9 heteroatoms. The van der Waals surface area contributed by atoms with E-state index in [4.69, 9.17) is 4.89 Å². The molecule has 0 saturated heterocycles. The van der Waals surface area contributed by atoms with Gasteiger partial charge in [-0.05, 0) is 31.0 Å². The second kappa shape index (κ2) is 9.40. The van der Waals surface area contributed by atoms with E-state index in [2.05, 4.69) is 15.2 Å². The molecular formula is C22H24N4O5. The number of hydrogen-bond acceptors (Lipinski definition) is 8. The van der Waals surface area contributed by atoms with Crippen LogP contribution in [0.15, 0.2) is 60.1 Å². The lowest BCUT2D eigenvalue weighted by Gasteiger charge is -2.42. The first-order valence-electron chi connectivity index (χ1n) is 9.75. The molecule has 0 spiro atoms. The number of nitrogens with one attached hydrogen (secondary N) is 1. The minimum absolute atomic E-state index is 0.0212. The fraction of sp³-hybridized carbons (Fsp3) is 0.273. The Labute approximate surface area is 180 Å². The molecular weight excluding hydrogens is 400 g/mol. The van der Waals surface area contributed by atoms with E-state index in [1.165, 1.54) is 5.01 Å². The van der Waals surface area contributed by atoms with Gasteiger partial charge in [-0.3, -0.25) is 14.8 Å². The molecule has 0 aliphatic carbocycles. The average molecular weight is 424 g/mol. The highest BCUT2D eigenvalue weighted by Crippen LogP contribution is 2.37. The van der Waals surface area contributed by atoms with Gasteiger partial charge in [0, 0.05) is 26.7 Å². The van der Waals surface area contributed by atoms with Crippen LogP contribution in [-0.4, -0.2) is 46.4 Å². The van der Waals surface area contributed by atoms with Crippen molar-refractivity contribution in [2.24, 2.45) is 0 Å². The molecule has 0 radical (unpaired) electrons. The number of likely N-dealkylation sites (N-methyl/N-ethyl adjacent to an activating group) is 2. The van der Waals surface area contributed by atoms with Crippen LogP contribution in [0.4, 0.5) is 5.69 Å². The van der Waals surface area contributed by atoms with E-state index in [0.717, 1.165) is 18.1 Å². The lowest BCUT2D eigenvalue weighted by atomic mass is 9.94. The smallest absolute Gasteiger partial charge is 0.349 e. The number of anilines is 1. The molecule has 3 rings (SSSR count). The van der Waals surface area contributed by atoms with Crippen molar-refractivity contribution in [1.82, 2.24) is 15.0 Å². The van der Waals surface area contributed by atoms with Crippen molar-refractivity contribution in [2.75, 3.05) is 18.9 Å². The third-order valence-corrected chi connectivity index (χ3v) is 4.91. The molecule has 2 aromatic rings. The van der Waals surface area contributed by atoms with Gasteiger partial charge in [-0.2, -0.15) is 0 Å². The van der Waals surface area contributed by atoms with E-state index in [9.17, 15) is 14.4 Å². The Balaban J connectivity index is 2.20. The van der Waals surface area contributed by atoms with Gasteiger partial charge in [0.1, 0.15) is 5.70 Å². The van der Waals surface area contributed by atoms with Crippen LogP contribution >= 0.6 is 0 Å². The first kappa shape index (κ1) is 22.0. The summed E-state index contributed by atoms with van der Waals surface area (Å²) >= 11 is 0. The summed E-state index contributed by atoms with van der Waals surface area (Å²) in [6.07, 6.45) is 3.20. The van der Waals surface area contributed by atoms with Gasteiger partial charge in [0.25, 0.3) is 5.91 Å². The van der Waals surface area contributed by atoms with E-state index in [0.29, 0.717) is 12.2 Å². The van der Waals surface area contributed by atoms with Gasteiger partial charge in [0.2, 0.25) is 0 Å². The lowest BCUT2D eigenvalue weighted by Crippen LogP contribution is -2.53. The van der Waals surface area contributed by atoms with Crippen LogP contribution in [0.1, 0.15) is 31.0 Å². The van der Waals surface area contributed by atoms with Gasteiger partial charge >= 0.3 is 11.9 Å². The number of carbonyl (C=O) groups excluding carboxylic acids is 3. The standard InChI is InChI=1S/C22H24N4O5/c1-5-26-21(28)19(24-17-13-23-12-11-14(17)2)18(22(29)31-30-15(3)27)20(25(26)4)16-9-7-6-8-10-16/h6-13,20,24H,5H2,1-4H3. The Morgan fingerprint density at radius 3 is 2.48 bits per heavy atom. The Hall–Kier alpha value is -3.72. The minimum Gasteiger partial charge on any atom is -0.349 e. The summed E-state index contributed by atoms with van der Waals surface area (Å²) in [5, 5.41) is 6.25. The van der Waals surface area contributed by atoms with E-state index >= 15 is 0 Å². The molecule has 1 amide bonds. The summed E-state index contributed by atoms with van der Waals surface area (Å²) in [4.78, 5) is 50.9. The summed E-state index contributed by atoms with van der Waals surface area (Å²) in [6, 6.07) is 10.3. The van der Waals surface area contributed by atoms with Crippen molar-refractivity contribution >= 4 is 23.5 Å². The molecule has 1 aromatic carbocycles. The average Bonchev–Trinajstić information content (AvgIpc) is 2.76. The van der Waals surface area contributed by atoms with Crippen LogP contribution < -0.4 is 5.32 Å². The number of pyridine rings is 1. The topological polar surface area (TPSA) is 101 Å². The Morgan fingerprint density at radius 1 is 1.16 bits per heavy atom. The number of nitrogens with zero attached hydrogens (tertiary/aromatic N) is 3. The van der Waals surface area contributed by atoms with Crippen molar-refractivity contribution in [1.29, 1.82) is 0 Å². The number of aromatic nitrogens is 1. The number of aryl methyl sites for hydroxylation is 1. The molecule has 2 heterocycles. The number of benzene rings is 1. The predicted octanol–water partition coefficient (Wildman–Crippen LogP) is 2.53. The zero-order chi connectivity index (χ0) is 22.5. The zero-order valence-electron chi connectivity index (χ0n) is 17.8. The summed E-state index contributed by atoms with van der Waals surface area (Å²) < 4.78 is 0. The summed E-state index contributed by atoms with van der Waals surface area (Å²) in [5.74, 6) is -2.15. The van der Waals surface area contributed by atoms with Crippen molar-refractivity contribution in [3.8, 4) is 0 Å². The number of carbonyl (C=O) groups is 3. The molecule has 1 aromatic heterocycles. The van der Waals surface area contributed by atoms with Crippen molar-refractivity contribution in [2.45, 2.75) is 26.8 Å².